The molecule has 0 spiro atoms. The Balaban J connectivity index is 2.55. The van der Waals surface area contributed by atoms with Crippen LogP contribution in [0.15, 0.2) is 24.3 Å². The Labute approximate surface area is 98.4 Å². The molecule has 0 aromatic heterocycles. The fourth-order valence-corrected chi connectivity index (χ4v) is 2.61. The van der Waals surface area contributed by atoms with Gasteiger partial charge < -0.3 is 0 Å². The first-order valence-corrected chi connectivity index (χ1v) is 7.21. The molecule has 0 N–H and O–H groups in total. The van der Waals surface area contributed by atoms with Crippen LogP contribution in [-0.4, -0.2) is 22.1 Å². The maximum absolute atomic E-state index is 5.23. The maximum atomic E-state index is 5.23. The third-order valence-electron chi connectivity index (χ3n) is 1.96. The van der Waals surface area contributed by atoms with E-state index in [1.165, 1.54) is 18.2 Å². The quantitative estimate of drug-likeness (QED) is 0.463. The van der Waals surface area contributed by atoms with Crippen LogP contribution in [0.3, 0.4) is 0 Å². The van der Waals surface area contributed by atoms with E-state index in [1.54, 1.807) is 7.11 Å². The first kappa shape index (κ1) is 12.2. The SMILES string of the molecule is CCCC[Se]C#Cc1ccccc1OC. The molecule has 1 nitrogen and oxygen atoms in total. The Morgan fingerprint density at radius 1 is 1.33 bits per heavy atom. The molecule has 1 rings (SSSR count). The van der Waals surface area contributed by atoms with E-state index in [1.807, 2.05) is 24.3 Å². The van der Waals surface area contributed by atoms with E-state index in [0.29, 0.717) is 15.0 Å². The fourth-order valence-electron chi connectivity index (χ4n) is 1.11. The normalized spacial score (nSPS) is 9.20. The van der Waals surface area contributed by atoms with Gasteiger partial charge in [0.1, 0.15) is 0 Å². The summed E-state index contributed by atoms with van der Waals surface area (Å²) in [4.78, 5) is 3.24. The van der Waals surface area contributed by atoms with Crippen molar-refractivity contribution in [1.29, 1.82) is 0 Å². The first-order valence-electron chi connectivity index (χ1n) is 5.14. The number of hydrogen-bond acceptors (Lipinski definition) is 1. The summed E-state index contributed by atoms with van der Waals surface area (Å²) < 4.78 is 5.23. The summed E-state index contributed by atoms with van der Waals surface area (Å²) in [5.74, 6) is 4.05. The van der Waals surface area contributed by atoms with E-state index >= 15 is 0 Å². The molecule has 0 radical (unpaired) electrons. The number of methoxy groups -OCH3 is 1. The summed E-state index contributed by atoms with van der Waals surface area (Å²) in [6.07, 6.45) is 2.55. The van der Waals surface area contributed by atoms with Gasteiger partial charge in [0, 0.05) is 0 Å². The van der Waals surface area contributed by atoms with Gasteiger partial charge >= 0.3 is 98.2 Å². The molecule has 0 saturated carbocycles. The molecule has 0 unspecified atom stereocenters. The van der Waals surface area contributed by atoms with Gasteiger partial charge in [-0.2, -0.15) is 0 Å². The zero-order chi connectivity index (χ0) is 10.9. The zero-order valence-corrected chi connectivity index (χ0v) is 11.0. The van der Waals surface area contributed by atoms with Gasteiger partial charge in [-0.3, -0.25) is 0 Å². The van der Waals surface area contributed by atoms with Crippen molar-refractivity contribution in [1.82, 2.24) is 0 Å². The minimum atomic E-state index is 0.455. The molecular formula is C13H16OSe. The van der Waals surface area contributed by atoms with Crippen LogP contribution in [0.25, 0.3) is 0 Å². The third kappa shape index (κ3) is 4.42. The number of para-hydroxylation sites is 1. The van der Waals surface area contributed by atoms with E-state index in [4.69, 9.17) is 4.74 Å². The number of hydrogen-bond donors (Lipinski definition) is 0. The van der Waals surface area contributed by atoms with Gasteiger partial charge in [0.05, 0.1) is 0 Å². The summed E-state index contributed by atoms with van der Waals surface area (Å²) in [6, 6.07) is 7.91. The van der Waals surface area contributed by atoms with Gasteiger partial charge in [-0.1, -0.05) is 0 Å². The van der Waals surface area contributed by atoms with E-state index in [2.05, 4.69) is 17.7 Å². The second kappa shape index (κ2) is 7.40. The monoisotopic (exact) mass is 268 g/mol. The molecule has 0 fully saturated rings. The molecule has 80 valence electrons. The van der Waals surface area contributed by atoms with Gasteiger partial charge in [-0.15, -0.1) is 0 Å². The van der Waals surface area contributed by atoms with Crippen molar-refractivity contribution in [2.24, 2.45) is 0 Å². The van der Waals surface area contributed by atoms with Gasteiger partial charge in [0.2, 0.25) is 0 Å². The minimum absolute atomic E-state index is 0.455. The molecule has 0 aliphatic heterocycles. The Morgan fingerprint density at radius 2 is 2.13 bits per heavy atom. The molecule has 0 aliphatic rings. The summed E-state index contributed by atoms with van der Waals surface area (Å²) in [6.45, 7) is 2.21. The van der Waals surface area contributed by atoms with Gasteiger partial charge in [0.15, 0.2) is 0 Å². The molecule has 1 aromatic rings. The van der Waals surface area contributed by atoms with Crippen molar-refractivity contribution in [3.05, 3.63) is 29.8 Å². The van der Waals surface area contributed by atoms with E-state index in [9.17, 15) is 0 Å². The number of rotatable bonds is 4. The molecule has 0 atom stereocenters. The van der Waals surface area contributed by atoms with Crippen LogP contribution in [0.4, 0.5) is 0 Å². The number of ether oxygens (including phenoxy) is 1. The van der Waals surface area contributed by atoms with Crippen LogP contribution in [0.1, 0.15) is 25.3 Å². The first-order chi connectivity index (χ1) is 7.38. The predicted molar refractivity (Wildman–Crippen MR) is 65.3 cm³/mol. The van der Waals surface area contributed by atoms with Gasteiger partial charge in [-0.25, -0.2) is 0 Å². The van der Waals surface area contributed by atoms with Crippen molar-refractivity contribution in [2.75, 3.05) is 7.11 Å². The Hall–Kier alpha value is -0.901. The van der Waals surface area contributed by atoms with Crippen LogP contribution in [0.2, 0.25) is 5.32 Å². The summed E-state index contributed by atoms with van der Waals surface area (Å²) in [5, 5.41) is 1.26. The van der Waals surface area contributed by atoms with Gasteiger partial charge in [-0.05, 0) is 0 Å². The van der Waals surface area contributed by atoms with E-state index in [-0.39, 0.29) is 0 Å². The molecule has 0 bridgehead atoms. The summed E-state index contributed by atoms with van der Waals surface area (Å²) in [5.41, 5.74) is 0.998. The predicted octanol–water partition coefficient (Wildman–Crippen LogP) is 2.93. The van der Waals surface area contributed by atoms with Crippen molar-refractivity contribution in [3.8, 4) is 16.5 Å². The molecule has 0 saturated heterocycles. The average Bonchev–Trinajstić information content (AvgIpc) is 2.29. The molecule has 1 aromatic carbocycles. The van der Waals surface area contributed by atoms with E-state index < -0.39 is 0 Å². The Morgan fingerprint density at radius 3 is 2.87 bits per heavy atom. The van der Waals surface area contributed by atoms with Crippen molar-refractivity contribution < 1.29 is 4.74 Å². The number of benzene rings is 1. The number of unbranched alkanes of at least 4 members (excludes halogenated alkanes) is 1. The second-order valence-electron chi connectivity index (χ2n) is 3.13. The van der Waals surface area contributed by atoms with Crippen LogP contribution in [-0.2, 0) is 0 Å². The molecule has 0 amide bonds. The van der Waals surface area contributed by atoms with Crippen LogP contribution in [0.5, 0.6) is 5.75 Å². The molecule has 0 aliphatic carbocycles. The summed E-state index contributed by atoms with van der Waals surface area (Å²) in [7, 11) is 1.68. The molecule has 0 heterocycles. The van der Waals surface area contributed by atoms with Crippen LogP contribution < -0.4 is 4.74 Å². The summed E-state index contributed by atoms with van der Waals surface area (Å²) >= 11 is 0.455. The fraction of sp³-hybridized carbons (Fsp3) is 0.385. The van der Waals surface area contributed by atoms with Crippen LogP contribution in [0, 0.1) is 10.7 Å². The Kier molecular flexibility index (Phi) is 6.00. The van der Waals surface area contributed by atoms with E-state index in [0.717, 1.165) is 11.3 Å². The topological polar surface area (TPSA) is 9.23 Å². The van der Waals surface area contributed by atoms with Crippen molar-refractivity contribution in [2.45, 2.75) is 25.1 Å². The zero-order valence-electron chi connectivity index (χ0n) is 9.25. The molecule has 15 heavy (non-hydrogen) atoms. The molecular weight excluding hydrogens is 251 g/mol. The molecule has 2 heteroatoms. The third-order valence-corrected chi connectivity index (χ3v) is 3.52. The standard InChI is InChI=1S/C13H16OSe/c1-3-4-10-15-11-9-12-7-5-6-8-13(12)14-2/h5-8H,3-4,10H2,1-2H3. The second-order valence-corrected chi connectivity index (χ2v) is 5.02. The van der Waals surface area contributed by atoms with Crippen LogP contribution >= 0.6 is 0 Å². The Bertz CT molecular complexity index is 349. The van der Waals surface area contributed by atoms with Gasteiger partial charge in [0.25, 0.3) is 0 Å². The van der Waals surface area contributed by atoms with Crippen molar-refractivity contribution >= 4 is 15.0 Å². The average molecular weight is 267 g/mol. The van der Waals surface area contributed by atoms with Crippen molar-refractivity contribution in [3.63, 3.8) is 0 Å².